The summed E-state index contributed by atoms with van der Waals surface area (Å²) in [5.41, 5.74) is 0.966. The van der Waals surface area contributed by atoms with Crippen molar-refractivity contribution in [2.45, 2.75) is 0 Å². The number of nitrogens with one attached hydrogen (secondary N) is 1. The highest BCUT2D eigenvalue weighted by Crippen LogP contribution is 2.19. The molecule has 18 heavy (non-hydrogen) atoms. The Hall–Kier alpha value is -2.50. The van der Waals surface area contributed by atoms with Crippen molar-refractivity contribution in [3.05, 3.63) is 46.8 Å². The van der Waals surface area contributed by atoms with E-state index in [1.165, 1.54) is 16.8 Å². The van der Waals surface area contributed by atoms with Crippen molar-refractivity contribution in [2.75, 3.05) is 0 Å². The standard InChI is InChI=1S/C12H9FN4O/c1-17-12(18)15-11(16-17)8-4-7-2-3-9(13)5-10(7)14-6-8/h2-6H,1H3,(H,15,16,18). The van der Waals surface area contributed by atoms with Crippen LogP contribution < -0.4 is 5.69 Å². The summed E-state index contributed by atoms with van der Waals surface area (Å²) in [5, 5.41) is 4.83. The van der Waals surface area contributed by atoms with Crippen LogP contribution in [0, 0.1) is 5.82 Å². The number of H-pyrrole nitrogens is 1. The molecule has 0 unspecified atom stereocenters. The molecule has 0 bridgehead atoms. The van der Waals surface area contributed by atoms with Crippen molar-refractivity contribution >= 4 is 10.9 Å². The van der Waals surface area contributed by atoms with E-state index in [4.69, 9.17) is 0 Å². The molecular formula is C12H9FN4O. The molecule has 2 aromatic heterocycles. The van der Waals surface area contributed by atoms with Gasteiger partial charge in [0.1, 0.15) is 5.82 Å². The van der Waals surface area contributed by atoms with E-state index in [1.807, 2.05) is 0 Å². The summed E-state index contributed by atoms with van der Waals surface area (Å²) in [7, 11) is 1.56. The van der Waals surface area contributed by atoms with E-state index in [9.17, 15) is 9.18 Å². The molecule has 3 aromatic rings. The van der Waals surface area contributed by atoms with Gasteiger partial charge >= 0.3 is 5.69 Å². The fraction of sp³-hybridized carbons (Fsp3) is 0.0833. The molecule has 3 rings (SSSR count). The van der Waals surface area contributed by atoms with Crippen molar-refractivity contribution in [2.24, 2.45) is 7.05 Å². The third kappa shape index (κ3) is 1.67. The topological polar surface area (TPSA) is 63.6 Å². The Kier molecular flexibility index (Phi) is 2.22. The normalized spacial score (nSPS) is 11.0. The number of rotatable bonds is 1. The molecule has 0 radical (unpaired) electrons. The molecule has 0 saturated heterocycles. The van der Waals surface area contributed by atoms with E-state index in [0.717, 1.165) is 5.39 Å². The molecule has 1 N–H and O–H groups in total. The smallest absolute Gasteiger partial charge is 0.289 e. The molecule has 1 aromatic carbocycles. The van der Waals surface area contributed by atoms with Crippen LogP contribution in [0.25, 0.3) is 22.3 Å². The number of aromatic nitrogens is 4. The fourth-order valence-electron chi connectivity index (χ4n) is 1.76. The molecule has 0 aliphatic carbocycles. The largest absolute Gasteiger partial charge is 0.343 e. The fourth-order valence-corrected chi connectivity index (χ4v) is 1.76. The third-order valence-corrected chi connectivity index (χ3v) is 2.69. The molecule has 0 fully saturated rings. The molecule has 0 atom stereocenters. The van der Waals surface area contributed by atoms with E-state index in [0.29, 0.717) is 16.9 Å². The second-order valence-corrected chi connectivity index (χ2v) is 3.96. The molecule has 6 heteroatoms. The number of hydrogen-bond acceptors (Lipinski definition) is 3. The highest BCUT2D eigenvalue weighted by Gasteiger charge is 2.06. The highest BCUT2D eigenvalue weighted by molar-refractivity contribution is 5.82. The van der Waals surface area contributed by atoms with Crippen LogP contribution in [0.4, 0.5) is 4.39 Å². The van der Waals surface area contributed by atoms with Crippen LogP contribution in [0.5, 0.6) is 0 Å². The van der Waals surface area contributed by atoms with Gasteiger partial charge in [-0.3, -0.25) is 9.97 Å². The molecule has 0 amide bonds. The highest BCUT2D eigenvalue weighted by atomic mass is 19.1. The van der Waals surface area contributed by atoms with E-state index >= 15 is 0 Å². The van der Waals surface area contributed by atoms with Gasteiger partial charge in [0.15, 0.2) is 5.82 Å². The van der Waals surface area contributed by atoms with Crippen LogP contribution in [0.3, 0.4) is 0 Å². The minimum absolute atomic E-state index is 0.288. The van der Waals surface area contributed by atoms with Crippen molar-refractivity contribution in [3.63, 3.8) is 0 Å². The van der Waals surface area contributed by atoms with E-state index in [-0.39, 0.29) is 11.5 Å². The number of hydrogen-bond donors (Lipinski definition) is 1. The van der Waals surface area contributed by atoms with Gasteiger partial charge in [-0.25, -0.2) is 13.9 Å². The average molecular weight is 244 g/mol. The number of aromatic amines is 1. The molecule has 0 saturated carbocycles. The summed E-state index contributed by atoms with van der Waals surface area (Å²) in [5.74, 6) is 0.121. The van der Waals surface area contributed by atoms with Gasteiger partial charge in [0.2, 0.25) is 0 Å². The van der Waals surface area contributed by atoms with Gasteiger partial charge in [0.05, 0.1) is 5.52 Å². The maximum absolute atomic E-state index is 13.0. The number of fused-ring (bicyclic) bond motifs is 1. The lowest BCUT2D eigenvalue weighted by molar-refractivity contribution is 0.629. The third-order valence-electron chi connectivity index (χ3n) is 2.69. The Labute approximate surface area is 101 Å². The first kappa shape index (κ1) is 10.6. The predicted molar refractivity (Wildman–Crippen MR) is 64.5 cm³/mol. The second kappa shape index (κ2) is 3.76. The molecule has 2 heterocycles. The Balaban J connectivity index is 2.19. The van der Waals surface area contributed by atoms with Gasteiger partial charge in [0.25, 0.3) is 0 Å². The summed E-state index contributed by atoms with van der Waals surface area (Å²) in [4.78, 5) is 18.1. The molecule has 0 aliphatic heterocycles. The molecule has 0 aliphatic rings. The van der Waals surface area contributed by atoms with Crippen molar-refractivity contribution < 1.29 is 4.39 Å². The number of nitrogens with zero attached hydrogens (tertiary/aromatic N) is 3. The average Bonchev–Trinajstić information content (AvgIpc) is 2.69. The van der Waals surface area contributed by atoms with Crippen LogP contribution in [0.2, 0.25) is 0 Å². The van der Waals surface area contributed by atoms with E-state index in [1.54, 1.807) is 25.4 Å². The summed E-state index contributed by atoms with van der Waals surface area (Å²) in [6.07, 6.45) is 1.56. The number of aryl methyl sites for hydroxylation is 1. The zero-order chi connectivity index (χ0) is 12.7. The first-order valence-corrected chi connectivity index (χ1v) is 5.32. The Morgan fingerprint density at radius 2 is 2.17 bits per heavy atom. The number of benzene rings is 1. The lowest BCUT2D eigenvalue weighted by Crippen LogP contribution is -2.13. The SMILES string of the molecule is Cn1nc(-c2cnc3cc(F)ccc3c2)[nH]c1=O. The van der Waals surface area contributed by atoms with Gasteiger partial charge in [-0.1, -0.05) is 0 Å². The Morgan fingerprint density at radius 3 is 2.89 bits per heavy atom. The Bertz CT molecular complexity index is 790. The lowest BCUT2D eigenvalue weighted by atomic mass is 10.1. The quantitative estimate of drug-likeness (QED) is 0.704. The van der Waals surface area contributed by atoms with Crippen molar-refractivity contribution in [3.8, 4) is 11.4 Å². The van der Waals surface area contributed by atoms with Gasteiger partial charge in [-0.05, 0) is 18.2 Å². The van der Waals surface area contributed by atoms with Crippen LogP contribution in [-0.2, 0) is 7.05 Å². The minimum Gasteiger partial charge on any atom is -0.289 e. The summed E-state index contributed by atoms with van der Waals surface area (Å²) in [6, 6.07) is 6.18. The van der Waals surface area contributed by atoms with Crippen LogP contribution in [0.15, 0.2) is 35.3 Å². The van der Waals surface area contributed by atoms with Crippen molar-refractivity contribution in [1.82, 2.24) is 19.7 Å². The number of halogens is 1. The van der Waals surface area contributed by atoms with Gasteiger partial charge in [0, 0.05) is 30.3 Å². The summed E-state index contributed by atoms with van der Waals surface area (Å²) >= 11 is 0. The van der Waals surface area contributed by atoms with Gasteiger partial charge < -0.3 is 0 Å². The molecule has 90 valence electrons. The van der Waals surface area contributed by atoms with Crippen LogP contribution in [0.1, 0.15) is 0 Å². The van der Waals surface area contributed by atoms with E-state index < -0.39 is 0 Å². The monoisotopic (exact) mass is 244 g/mol. The molecular weight excluding hydrogens is 235 g/mol. The van der Waals surface area contributed by atoms with Crippen LogP contribution >= 0.6 is 0 Å². The molecule has 5 nitrogen and oxygen atoms in total. The molecule has 0 spiro atoms. The first-order valence-electron chi connectivity index (χ1n) is 5.32. The first-order chi connectivity index (χ1) is 8.63. The van der Waals surface area contributed by atoms with Gasteiger partial charge in [-0.2, -0.15) is 5.10 Å². The minimum atomic E-state index is -0.325. The van der Waals surface area contributed by atoms with Crippen molar-refractivity contribution in [1.29, 1.82) is 0 Å². The summed E-state index contributed by atoms with van der Waals surface area (Å²) < 4.78 is 14.2. The Morgan fingerprint density at radius 1 is 1.33 bits per heavy atom. The van der Waals surface area contributed by atoms with Crippen LogP contribution in [-0.4, -0.2) is 19.7 Å². The van der Waals surface area contributed by atoms with Gasteiger partial charge in [-0.15, -0.1) is 0 Å². The van der Waals surface area contributed by atoms with E-state index in [2.05, 4.69) is 15.1 Å². The second-order valence-electron chi connectivity index (χ2n) is 3.96. The maximum atomic E-state index is 13.0. The number of pyridine rings is 1. The lowest BCUT2D eigenvalue weighted by Gasteiger charge is -2.00. The maximum Gasteiger partial charge on any atom is 0.343 e. The zero-order valence-corrected chi connectivity index (χ0v) is 9.51. The summed E-state index contributed by atoms with van der Waals surface area (Å²) in [6.45, 7) is 0. The predicted octanol–water partition coefficient (Wildman–Crippen LogP) is 1.46. The zero-order valence-electron chi connectivity index (χ0n) is 9.51.